The molecule has 0 fully saturated rings. The van der Waals surface area contributed by atoms with E-state index in [1.54, 1.807) is 0 Å². The number of ether oxygens (including phenoxy) is 2. The molecule has 2 aromatic carbocycles. The molecule has 4 nitrogen and oxygen atoms in total. The molecule has 2 rings (SSSR count). The van der Waals surface area contributed by atoms with Crippen molar-refractivity contribution in [1.82, 2.24) is 0 Å². The maximum absolute atomic E-state index is 13.2. The summed E-state index contributed by atoms with van der Waals surface area (Å²) in [6.45, 7) is 5.21. The van der Waals surface area contributed by atoms with Crippen LogP contribution in [0.5, 0.6) is 0 Å². The van der Waals surface area contributed by atoms with Crippen molar-refractivity contribution in [3.05, 3.63) is 71.8 Å². The minimum Gasteiger partial charge on any atom is -0.461 e. The minimum absolute atomic E-state index is 0.0835. The van der Waals surface area contributed by atoms with E-state index in [9.17, 15) is 9.90 Å². The third-order valence-electron chi connectivity index (χ3n) is 7.82. The number of benzene rings is 2. The van der Waals surface area contributed by atoms with Crippen LogP contribution in [0.25, 0.3) is 0 Å². The molecule has 0 radical (unpaired) electrons. The highest BCUT2D eigenvalue weighted by Gasteiger charge is 2.30. The Morgan fingerprint density at radius 3 is 1.70 bits per heavy atom. The summed E-state index contributed by atoms with van der Waals surface area (Å²) in [6.07, 6.45) is 16.9. The molecule has 224 valence electrons. The van der Waals surface area contributed by atoms with Crippen molar-refractivity contribution in [2.45, 2.75) is 142 Å². The van der Waals surface area contributed by atoms with Gasteiger partial charge in [0.2, 0.25) is 0 Å². The minimum atomic E-state index is -0.774. The molecule has 0 bridgehead atoms. The van der Waals surface area contributed by atoms with Crippen molar-refractivity contribution in [1.29, 1.82) is 0 Å². The van der Waals surface area contributed by atoms with Crippen LogP contribution in [0.15, 0.2) is 60.7 Å². The predicted molar refractivity (Wildman–Crippen MR) is 166 cm³/mol. The van der Waals surface area contributed by atoms with Crippen LogP contribution in [-0.4, -0.2) is 23.3 Å². The Bertz CT molecular complexity index is 854. The van der Waals surface area contributed by atoms with E-state index in [1.807, 2.05) is 48.5 Å². The Kier molecular flexibility index (Phi) is 19.2. The van der Waals surface area contributed by atoms with Gasteiger partial charge in [0.05, 0.1) is 24.7 Å². The van der Waals surface area contributed by atoms with Crippen molar-refractivity contribution < 1.29 is 19.4 Å². The molecule has 0 aliphatic rings. The number of aliphatic hydroxyl groups excluding tert-OH is 1. The molecule has 1 N–H and O–H groups in total. The predicted octanol–water partition coefficient (Wildman–Crippen LogP) is 9.57. The molecule has 3 atom stereocenters. The van der Waals surface area contributed by atoms with Crippen LogP contribution in [0.2, 0.25) is 0 Å². The summed E-state index contributed by atoms with van der Waals surface area (Å²) in [5.41, 5.74) is 2.09. The molecule has 0 spiro atoms. The first-order valence-corrected chi connectivity index (χ1v) is 16.2. The van der Waals surface area contributed by atoms with E-state index >= 15 is 0 Å². The lowest BCUT2D eigenvalue weighted by Gasteiger charge is -2.26. The van der Waals surface area contributed by atoms with Gasteiger partial charge in [-0.05, 0) is 24.0 Å². The van der Waals surface area contributed by atoms with Gasteiger partial charge in [-0.2, -0.15) is 0 Å². The van der Waals surface area contributed by atoms with Crippen molar-refractivity contribution in [3.8, 4) is 0 Å². The molecule has 40 heavy (non-hydrogen) atoms. The van der Waals surface area contributed by atoms with Gasteiger partial charge in [0.15, 0.2) is 0 Å². The second kappa shape index (κ2) is 22.5. The van der Waals surface area contributed by atoms with Crippen molar-refractivity contribution >= 4 is 5.97 Å². The highest BCUT2D eigenvalue weighted by Crippen LogP contribution is 2.24. The van der Waals surface area contributed by atoms with Gasteiger partial charge in [-0.1, -0.05) is 158 Å². The Labute approximate surface area is 244 Å². The third kappa shape index (κ3) is 15.6. The standard InChI is InChI=1S/C36H56O4/c1-3-5-7-9-10-11-12-13-20-26-33(39-29-31-22-16-14-17-23-31)28-35(37)34(27-21-8-6-4-2)36(38)40-30-32-24-18-15-19-25-32/h14-19,22-25,33-35,37H,3-13,20-21,26-30H2,1-2H3/t33-,34+,35+/m1/s1. The van der Waals surface area contributed by atoms with Crippen LogP contribution >= 0.6 is 0 Å². The monoisotopic (exact) mass is 552 g/mol. The summed E-state index contributed by atoms with van der Waals surface area (Å²) < 4.78 is 12.1. The maximum atomic E-state index is 13.2. The van der Waals surface area contributed by atoms with E-state index in [0.717, 1.165) is 49.7 Å². The molecule has 0 aliphatic carbocycles. The van der Waals surface area contributed by atoms with Crippen LogP contribution in [0.4, 0.5) is 0 Å². The molecule has 0 unspecified atom stereocenters. The SMILES string of the molecule is CCCCCCCCCCC[C@H](C[C@H](O)[C@H](CCCCCC)C(=O)OCc1ccccc1)OCc1ccccc1. The molecule has 0 heterocycles. The van der Waals surface area contributed by atoms with E-state index in [0.29, 0.717) is 19.4 Å². The third-order valence-corrected chi connectivity index (χ3v) is 7.82. The number of esters is 1. The average molecular weight is 553 g/mol. The number of hydrogen-bond donors (Lipinski definition) is 1. The molecule has 0 amide bonds. The fraction of sp³-hybridized carbons (Fsp3) is 0.639. The first-order valence-electron chi connectivity index (χ1n) is 16.2. The first-order chi connectivity index (χ1) is 19.6. The van der Waals surface area contributed by atoms with Crippen molar-refractivity contribution in [2.24, 2.45) is 5.92 Å². The van der Waals surface area contributed by atoms with Gasteiger partial charge in [-0.3, -0.25) is 4.79 Å². The smallest absolute Gasteiger partial charge is 0.311 e. The van der Waals surface area contributed by atoms with Crippen LogP contribution < -0.4 is 0 Å². The van der Waals surface area contributed by atoms with Crippen molar-refractivity contribution in [2.75, 3.05) is 0 Å². The van der Waals surface area contributed by atoms with E-state index in [-0.39, 0.29) is 18.7 Å². The summed E-state index contributed by atoms with van der Waals surface area (Å²) in [6, 6.07) is 20.0. The van der Waals surface area contributed by atoms with E-state index in [4.69, 9.17) is 9.47 Å². The zero-order chi connectivity index (χ0) is 28.7. The zero-order valence-corrected chi connectivity index (χ0v) is 25.4. The fourth-order valence-corrected chi connectivity index (χ4v) is 5.27. The lowest BCUT2D eigenvalue weighted by Crippen LogP contribution is -2.33. The molecular formula is C36H56O4. The van der Waals surface area contributed by atoms with E-state index in [1.165, 1.54) is 51.4 Å². The summed E-state index contributed by atoms with van der Waals surface area (Å²) in [7, 11) is 0. The van der Waals surface area contributed by atoms with Gasteiger partial charge >= 0.3 is 5.97 Å². The average Bonchev–Trinajstić information content (AvgIpc) is 2.98. The first kappa shape index (κ1) is 34.0. The largest absolute Gasteiger partial charge is 0.461 e. The maximum Gasteiger partial charge on any atom is 0.311 e. The van der Waals surface area contributed by atoms with Gasteiger partial charge in [0, 0.05) is 6.42 Å². The second-order valence-electron chi connectivity index (χ2n) is 11.4. The highest BCUT2D eigenvalue weighted by atomic mass is 16.5. The number of carbonyl (C=O) groups is 1. The second-order valence-corrected chi connectivity index (χ2v) is 11.4. The normalized spacial score (nSPS) is 13.6. The number of aliphatic hydroxyl groups is 1. The van der Waals surface area contributed by atoms with Crippen LogP contribution in [0, 0.1) is 5.92 Å². The van der Waals surface area contributed by atoms with E-state index in [2.05, 4.69) is 26.0 Å². The lowest BCUT2D eigenvalue weighted by molar-refractivity contribution is -0.155. The van der Waals surface area contributed by atoms with Gasteiger partial charge in [0.25, 0.3) is 0 Å². The molecule has 0 saturated heterocycles. The Balaban J connectivity index is 1.93. The summed E-state index contributed by atoms with van der Waals surface area (Å²) in [5.74, 6) is -0.816. The lowest BCUT2D eigenvalue weighted by atomic mass is 9.90. The molecule has 0 saturated carbocycles. The number of hydrogen-bond acceptors (Lipinski definition) is 4. The summed E-state index contributed by atoms with van der Waals surface area (Å²) in [5, 5.41) is 11.4. The van der Waals surface area contributed by atoms with E-state index < -0.39 is 12.0 Å². The van der Waals surface area contributed by atoms with Gasteiger partial charge in [-0.25, -0.2) is 0 Å². The number of unbranched alkanes of at least 4 members (excludes halogenated alkanes) is 11. The molecule has 0 aliphatic heterocycles. The van der Waals surface area contributed by atoms with Crippen LogP contribution in [0.3, 0.4) is 0 Å². The zero-order valence-electron chi connectivity index (χ0n) is 25.4. The van der Waals surface area contributed by atoms with Gasteiger partial charge < -0.3 is 14.6 Å². The van der Waals surface area contributed by atoms with Gasteiger partial charge in [-0.15, -0.1) is 0 Å². The molecule has 0 aromatic heterocycles. The summed E-state index contributed by atoms with van der Waals surface area (Å²) in [4.78, 5) is 13.2. The van der Waals surface area contributed by atoms with Gasteiger partial charge in [0.1, 0.15) is 6.61 Å². The molecule has 2 aromatic rings. The van der Waals surface area contributed by atoms with Crippen molar-refractivity contribution in [3.63, 3.8) is 0 Å². The Morgan fingerprint density at radius 1 is 0.650 bits per heavy atom. The molecular weight excluding hydrogens is 496 g/mol. The Morgan fingerprint density at radius 2 is 1.12 bits per heavy atom. The van der Waals surface area contributed by atoms with Crippen LogP contribution in [-0.2, 0) is 27.5 Å². The quantitative estimate of drug-likeness (QED) is 0.104. The number of rotatable bonds is 24. The molecule has 4 heteroatoms. The summed E-state index contributed by atoms with van der Waals surface area (Å²) >= 11 is 0. The highest BCUT2D eigenvalue weighted by molar-refractivity contribution is 5.73. The Hall–Kier alpha value is -2.17. The topological polar surface area (TPSA) is 55.8 Å². The van der Waals surface area contributed by atoms with Crippen LogP contribution in [0.1, 0.15) is 128 Å². The number of carbonyl (C=O) groups excluding carboxylic acids is 1. The fourth-order valence-electron chi connectivity index (χ4n) is 5.27.